The van der Waals surface area contributed by atoms with Gasteiger partial charge in [0.1, 0.15) is 6.61 Å². The van der Waals surface area contributed by atoms with Crippen LogP contribution < -0.4 is 0 Å². The maximum absolute atomic E-state index is 12.0. The Morgan fingerprint density at radius 2 is 2.04 bits per heavy atom. The Labute approximate surface area is 135 Å². The Morgan fingerprint density at radius 1 is 1.30 bits per heavy atom. The van der Waals surface area contributed by atoms with Crippen molar-refractivity contribution in [2.75, 3.05) is 19.7 Å². The average Bonchev–Trinajstić information content (AvgIpc) is 2.52. The van der Waals surface area contributed by atoms with Crippen molar-refractivity contribution in [2.45, 2.75) is 32.0 Å². The van der Waals surface area contributed by atoms with Crippen molar-refractivity contribution in [2.24, 2.45) is 5.41 Å². The highest BCUT2D eigenvalue weighted by Crippen LogP contribution is 2.40. The molecule has 2 saturated heterocycles. The van der Waals surface area contributed by atoms with Crippen LogP contribution in [0.15, 0.2) is 30.3 Å². The molecule has 1 amide bonds. The predicted octanol–water partition coefficient (Wildman–Crippen LogP) is 2.28. The number of carboxylic acid groups (broad SMARTS) is 1. The molecule has 1 aromatic carbocycles. The lowest BCUT2D eigenvalue weighted by molar-refractivity contribution is -0.150. The van der Waals surface area contributed by atoms with Gasteiger partial charge in [0.2, 0.25) is 0 Å². The summed E-state index contributed by atoms with van der Waals surface area (Å²) in [4.78, 5) is 24.4. The molecule has 0 aromatic heterocycles. The summed E-state index contributed by atoms with van der Waals surface area (Å²) >= 11 is 0. The van der Waals surface area contributed by atoms with E-state index in [4.69, 9.17) is 14.6 Å². The molecule has 1 unspecified atom stereocenters. The van der Waals surface area contributed by atoms with Gasteiger partial charge in [-0.2, -0.15) is 0 Å². The number of carbonyl (C=O) groups excluding carboxylic acids is 1. The minimum atomic E-state index is -0.828. The van der Waals surface area contributed by atoms with Crippen LogP contribution in [0.3, 0.4) is 0 Å². The summed E-state index contributed by atoms with van der Waals surface area (Å²) in [7, 11) is 0. The summed E-state index contributed by atoms with van der Waals surface area (Å²) in [6.07, 6.45) is 1.19. The molecule has 1 aromatic rings. The molecule has 2 aliphatic rings. The van der Waals surface area contributed by atoms with Gasteiger partial charge in [0.15, 0.2) is 0 Å². The van der Waals surface area contributed by atoms with Crippen LogP contribution in [-0.4, -0.2) is 47.9 Å². The molecule has 2 heterocycles. The summed E-state index contributed by atoms with van der Waals surface area (Å²) < 4.78 is 11.0. The maximum Gasteiger partial charge on any atom is 0.410 e. The number of aliphatic carboxylic acids is 1. The Morgan fingerprint density at radius 3 is 2.65 bits per heavy atom. The monoisotopic (exact) mass is 319 g/mol. The molecular formula is C17H21NO5. The summed E-state index contributed by atoms with van der Waals surface area (Å²) in [5.74, 6) is -0.828. The topological polar surface area (TPSA) is 76.1 Å². The zero-order valence-corrected chi connectivity index (χ0v) is 12.9. The lowest BCUT2D eigenvalue weighted by Gasteiger charge is -2.52. The number of hydrogen-bond donors (Lipinski definition) is 1. The molecule has 3 rings (SSSR count). The second-order valence-corrected chi connectivity index (χ2v) is 6.47. The number of benzene rings is 1. The molecular weight excluding hydrogens is 298 g/mol. The number of ether oxygens (including phenoxy) is 2. The van der Waals surface area contributed by atoms with Gasteiger partial charge in [0, 0.05) is 18.5 Å². The molecule has 2 aliphatic heterocycles. The maximum atomic E-state index is 12.0. The quantitative estimate of drug-likeness (QED) is 0.921. The van der Waals surface area contributed by atoms with Crippen LogP contribution in [0.2, 0.25) is 0 Å². The fourth-order valence-corrected chi connectivity index (χ4v) is 3.23. The highest BCUT2D eigenvalue weighted by Gasteiger charge is 2.48. The summed E-state index contributed by atoms with van der Waals surface area (Å²) in [5, 5.41) is 8.79. The standard InChI is InChI=1S/C17H21NO5/c19-15(20)8-14-6-7-17(12-23-14)10-18(11-17)16(21)22-9-13-4-2-1-3-5-13/h1-5,14H,6-12H2,(H,19,20). The van der Waals surface area contributed by atoms with Crippen molar-refractivity contribution in [3.05, 3.63) is 35.9 Å². The normalized spacial score (nSPS) is 22.4. The number of rotatable bonds is 4. The number of hydrogen-bond acceptors (Lipinski definition) is 4. The molecule has 1 spiro atoms. The van der Waals surface area contributed by atoms with Crippen molar-refractivity contribution in [3.8, 4) is 0 Å². The third-order valence-corrected chi connectivity index (χ3v) is 4.54. The van der Waals surface area contributed by atoms with Crippen LogP contribution in [-0.2, 0) is 20.9 Å². The Kier molecular flexibility index (Phi) is 4.52. The lowest BCUT2D eigenvalue weighted by Crippen LogP contribution is -2.62. The molecule has 0 radical (unpaired) electrons. The first-order valence-electron chi connectivity index (χ1n) is 7.85. The van der Waals surface area contributed by atoms with E-state index < -0.39 is 5.97 Å². The van der Waals surface area contributed by atoms with Crippen molar-refractivity contribution >= 4 is 12.1 Å². The van der Waals surface area contributed by atoms with E-state index >= 15 is 0 Å². The van der Waals surface area contributed by atoms with E-state index in [2.05, 4.69) is 0 Å². The summed E-state index contributed by atoms with van der Waals surface area (Å²) in [5.41, 5.74) is 0.953. The van der Waals surface area contributed by atoms with Gasteiger partial charge in [0.05, 0.1) is 19.1 Å². The molecule has 1 atom stereocenters. The minimum absolute atomic E-state index is 0.0131. The predicted molar refractivity (Wildman–Crippen MR) is 81.9 cm³/mol. The fraction of sp³-hybridized carbons (Fsp3) is 0.529. The van der Waals surface area contributed by atoms with Gasteiger partial charge in [-0.3, -0.25) is 4.79 Å². The molecule has 124 valence electrons. The highest BCUT2D eigenvalue weighted by atomic mass is 16.6. The molecule has 6 nitrogen and oxygen atoms in total. The van der Waals surface area contributed by atoms with Gasteiger partial charge in [-0.15, -0.1) is 0 Å². The smallest absolute Gasteiger partial charge is 0.410 e. The molecule has 0 bridgehead atoms. The minimum Gasteiger partial charge on any atom is -0.481 e. The number of amides is 1. The van der Waals surface area contributed by atoms with Gasteiger partial charge in [-0.05, 0) is 18.4 Å². The zero-order valence-electron chi connectivity index (χ0n) is 12.9. The summed E-state index contributed by atoms with van der Waals surface area (Å²) in [6, 6.07) is 9.58. The molecule has 23 heavy (non-hydrogen) atoms. The zero-order chi connectivity index (χ0) is 16.3. The van der Waals surface area contributed by atoms with Crippen LogP contribution in [0.25, 0.3) is 0 Å². The van der Waals surface area contributed by atoms with Crippen molar-refractivity contribution < 1.29 is 24.2 Å². The van der Waals surface area contributed by atoms with Crippen LogP contribution in [0, 0.1) is 5.41 Å². The van der Waals surface area contributed by atoms with E-state index in [1.807, 2.05) is 30.3 Å². The summed E-state index contributed by atoms with van der Waals surface area (Å²) in [6.45, 7) is 2.05. The van der Waals surface area contributed by atoms with Gasteiger partial charge in [-0.25, -0.2) is 4.79 Å². The van der Waals surface area contributed by atoms with Crippen molar-refractivity contribution in [1.29, 1.82) is 0 Å². The van der Waals surface area contributed by atoms with E-state index in [0.29, 0.717) is 19.7 Å². The Hall–Kier alpha value is -2.08. The molecule has 0 saturated carbocycles. The average molecular weight is 319 g/mol. The fourth-order valence-electron chi connectivity index (χ4n) is 3.23. The third-order valence-electron chi connectivity index (χ3n) is 4.54. The lowest BCUT2D eigenvalue weighted by atomic mass is 9.74. The van der Waals surface area contributed by atoms with Crippen LogP contribution in [0.4, 0.5) is 4.79 Å². The first-order valence-corrected chi connectivity index (χ1v) is 7.85. The first-order chi connectivity index (χ1) is 11.1. The first kappa shape index (κ1) is 15.8. The van der Waals surface area contributed by atoms with Crippen molar-refractivity contribution in [1.82, 2.24) is 4.90 Å². The van der Waals surface area contributed by atoms with Gasteiger partial charge < -0.3 is 19.5 Å². The van der Waals surface area contributed by atoms with E-state index in [-0.39, 0.29) is 30.6 Å². The Bertz CT molecular complexity index is 558. The second kappa shape index (κ2) is 6.58. The van der Waals surface area contributed by atoms with E-state index in [0.717, 1.165) is 18.4 Å². The number of nitrogens with zero attached hydrogens (tertiary/aromatic N) is 1. The number of carbonyl (C=O) groups is 2. The largest absolute Gasteiger partial charge is 0.481 e. The van der Waals surface area contributed by atoms with Gasteiger partial charge in [0.25, 0.3) is 0 Å². The molecule has 1 N–H and O–H groups in total. The molecule has 6 heteroatoms. The van der Waals surface area contributed by atoms with Gasteiger partial charge >= 0.3 is 12.1 Å². The van der Waals surface area contributed by atoms with Crippen LogP contribution in [0.5, 0.6) is 0 Å². The Balaban J connectivity index is 1.40. The number of likely N-dealkylation sites (tertiary alicyclic amines) is 1. The van der Waals surface area contributed by atoms with E-state index in [9.17, 15) is 9.59 Å². The SMILES string of the molecule is O=C(O)CC1CCC2(CO1)CN(C(=O)OCc1ccccc1)C2. The second-order valence-electron chi connectivity index (χ2n) is 6.47. The molecule has 2 fully saturated rings. The van der Waals surface area contributed by atoms with Crippen LogP contribution in [0.1, 0.15) is 24.8 Å². The van der Waals surface area contributed by atoms with Crippen molar-refractivity contribution in [3.63, 3.8) is 0 Å². The molecule has 0 aliphatic carbocycles. The van der Waals surface area contributed by atoms with E-state index in [1.54, 1.807) is 4.90 Å². The van der Waals surface area contributed by atoms with E-state index in [1.165, 1.54) is 0 Å². The number of carboxylic acids is 1. The highest BCUT2D eigenvalue weighted by molar-refractivity contribution is 5.69. The van der Waals surface area contributed by atoms with Crippen LogP contribution >= 0.6 is 0 Å². The third kappa shape index (κ3) is 3.82. The van der Waals surface area contributed by atoms with Gasteiger partial charge in [-0.1, -0.05) is 30.3 Å².